The van der Waals surface area contributed by atoms with Crippen molar-refractivity contribution in [2.24, 2.45) is 7.05 Å². The van der Waals surface area contributed by atoms with Crippen LogP contribution in [0.15, 0.2) is 70.7 Å². The summed E-state index contributed by atoms with van der Waals surface area (Å²) in [6, 6.07) is 16.9. The highest BCUT2D eigenvalue weighted by atomic mass is 32.2. The number of benzene rings is 2. The minimum Gasteiger partial charge on any atom is -0.495 e. The molecule has 31 heavy (non-hydrogen) atoms. The van der Waals surface area contributed by atoms with Gasteiger partial charge in [-0.1, -0.05) is 54.2 Å². The maximum atomic E-state index is 13.2. The van der Waals surface area contributed by atoms with Crippen molar-refractivity contribution in [3.63, 3.8) is 0 Å². The van der Waals surface area contributed by atoms with E-state index in [0.717, 1.165) is 5.56 Å². The van der Waals surface area contributed by atoms with Crippen LogP contribution in [0.25, 0.3) is 11.0 Å². The predicted octanol–water partition coefficient (Wildman–Crippen LogP) is 2.92. The third-order valence-electron chi connectivity index (χ3n) is 4.71. The van der Waals surface area contributed by atoms with E-state index in [0.29, 0.717) is 34.2 Å². The molecule has 158 valence electrons. The highest BCUT2D eigenvalue weighted by molar-refractivity contribution is 7.99. The van der Waals surface area contributed by atoms with E-state index in [9.17, 15) is 9.59 Å². The van der Waals surface area contributed by atoms with Gasteiger partial charge in [0.25, 0.3) is 5.56 Å². The van der Waals surface area contributed by atoms with Crippen LogP contribution in [0.1, 0.15) is 5.56 Å². The highest BCUT2D eigenvalue weighted by Crippen LogP contribution is 2.24. The van der Waals surface area contributed by atoms with Gasteiger partial charge in [-0.2, -0.15) is 5.10 Å². The Morgan fingerprint density at radius 3 is 2.65 bits per heavy atom. The second-order valence-corrected chi connectivity index (χ2v) is 7.75. The van der Waals surface area contributed by atoms with Gasteiger partial charge in [0.2, 0.25) is 5.91 Å². The molecule has 0 aliphatic carbocycles. The monoisotopic (exact) mass is 435 g/mol. The van der Waals surface area contributed by atoms with Gasteiger partial charge < -0.3 is 10.1 Å². The van der Waals surface area contributed by atoms with E-state index in [-0.39, 0.29) is 17.2 Å². The van der Waals surface area contributed by atoms with Crippen LogP contribution >= 0.6 is 11.8 Å². The van der Waals surface area contributed by atoms with Crippen LogP contribution in [0, 0.1) is 0 Å². The first-order valence-electron chi connectivity index (χ1n) is 9.59. The van der Waals surface area contributed by atoms with Crippen LogP contribution in [0.5, 0.6) is 5.75 Å². The van der Waals surface area contributed by atoms with Gasteiger partial charge in [0.1, 0.15) is 11.3 Å². The summed E-state index contributed by atoms with van der Waals surface area (Å²) in [5.74, 6) is 0.448. The molecule has 0 aliphatic rings. The number of amides is 1. The largest absolute Gasteiger partial charge is 0.495 e. The van der Waals surface area contributed by atoms with E-state index in [1.54, 1.807) is 37.1 Å². The van der Waals surface area contributed by atoms with Gasteiger partial charge in [-0.3, -0.25) is 18.8 Å². The molecule has 2 heterocycles. The normalized spacial score (nSPS) is 10.9. The minimum atomic E-state index is -0.221. The van der Waals surface area contributed by atoms with E-state index >= 15 is 0 Å². The molecule has 1 N–H and O–H groups in total. The number of hydrogen-bond acceptors (Lipinski definition) is 6. The molecule has 0 bridgehead atoms. The van der Waals surface area contributed by atoms with Crippen LogP contribution < -0.4 is 15.6 Å². The number of ether oxygens (including phenoxy) is 1. The van der Waals surface area contributed by atoms with E-state index < -0.39 is 0 Å². The zero-order valence-corrected chi connectivity index (χ0v) is 17.9. The van der Waals surface area contributed by atoms with Crippen molar-refractivity contribution in [1.82, 2.24) is 19.3 Å². The summed E-state index contributed by atoms with van der Waals surface area (Å²) >= 11 is 1.21. The lowest BCUT2D eigenvalue weighted by Gasteiger charge is -2.13. The number of carbonyl (C=O) groups excluding carboxylic acids is 1. The molecule has 4 rings (SSSR count). The molecule has 0 aliphatic heterocycles. The number of aryl methyl sites for hydroxylation is 1. The first-order valence-corrected chi connectivity index (χ1v) is 10.6. The number of fused-ring (bicyclic) bond motifs is 1. The number of nitrogens with one attached hydrogen (secondary N) is 1. The summed E-state index contributed by atoms with van der Waals surface area (Å²) in [6.45, 7) is 0.351. The van der Waals surface area contributed by atoms with Crippen LogP contribution in [0.4, 0.5) is 5.69 Å². The zero-order valence-electron chi connectivity index (χ0n) is 17.1. The summed E-state index contributed by atoms with van der Waals surface area (Å²) in [4.78, 5) is 30.3. The number of methoxy groups -OCH3 is 1. The fourth-order valence-electron chi connectivity index (χ4n) is 3.21. The lowest BCUT2D eigenvalue weighted by Crippen LogP contribution is -2.26. The summed E-state index contributed by atoms with van der Waals surface area (Å²) in [5.41, 5.74) is 2.30. The molecule has 0 unspecified atom stereocenters. The van der Waals surface area contributed by atoms with Crippen molar-refractivity contribution in [3.8, 4) is 5.75 Å². The Labute approximate surface area is 182 Å². The fraction of sp³-hybridized carbons (Fsp3) is 0.182. The Hall–Kier alpha value is -3.59. The van der Waals surface area contributed by atoms with E-state index in [1.165, 1.54) is 16.4 Å². The summed E-state index contributed by atoms with van der Waals surface area (Å²) in [5, 5.41) is 7.46. The molecule has 0 radical (unpaired) electrons. The fourth-order valence-corrected chi connectivity index (χ4v) is 4.01. The Kier molecular flexibility index (Phi) is 6.03. The van der Waals surface area contributed by atoms with Crippen LogP contribution in [-0.2, 0) is 18.4 Å². The third kappa shape index (κ3) is 4.46. The second kappa shape index (κ2) is 9.05. The Morgan fingerprint density at radius 1 is 1.13 bits per heavy atom. The zero-order chi connectivity index (χ0) is 21.8. The number of anilines is 1. The van der Waals surface area contributed by atoms with E-state index in [2.05, 4.69) is 15.4 Å². The number of para-hydroxylation sites is 2. The van der Waals surface area contributed by atoms with Crippen LogP contribution in [-0.4, -0.2) is 38.1 Å². The van der Waals surface area contributed by atoms with E-state index in [1.807, 2.05) is 42.5 Å². The average molecular weight is 436 g/mol. The Balaban J connectivity index is 1.61. The SMILES string of the molecule is COc1ccccc1NC(=O)CSc1nc2cnn(C)c2c(=O)n1Cc1ccccc1. The molecule has 0 atom stereocenters. The van der Waals surface area contributed by atoms with Crippen molar-refractivity contribution in [2.75, 3.05) is 18.2 Å². The van der Waals surface area contributed by atoms with Crippen LogP contribution in [0.3, 0.4) is 0 Å². The number of carbonyl (C=O) groups is 1. The van der Waals surface area contributed by atoms with Gasteiger partial charge >= 0.3 is 0 Å². The van der Waals surface area contributed by atoms with E-state index in [4.69, 9.17) is 4.74 Å². The number of rotatable bonds is 7. The van der Waals surface area contributed by atoms with Crippen molar-refractivity contribution < 1.29 is 9.53 Å². The van der Waals surface area contributed by atoms with Crippen molar-refractivity contribution in [3.05, 3.63) is 76.7 Å². The number of aromatic nitrogens is 4. The Morgan fingerprint density at radius 2 is 1.87 bits per heavy atom. The summed E-state index contributed by atoms with van der Waals surface area (Å²) in [6.07, 6.45) is 1.56. The first-order chi connectivity index (χ1) is 15.1. The number of hydrogen-bond donors (Lipinski definition) is 1. The molecule has 4 aromatic rings. The van der Waals surface area contributed by atoms with Gasteiger partial charge in [0.05, 0.1) is 31.3 Å². The molecule has 2 aromatic carbocycles. The first kappa shape index (κ1) is 20.7. The summed E-state index contributed by atoms with van der Waals surface area (Å²) in [7, 11) is 3.26. The molecule has 8 nitrogen and oxygen atoms in total. The second-order valence-electron chi connectivity index (χ2n) is 6.81. The van der Waals surface area contributed by atoms with Crippen LogP contribution in [0.2, 0.25) is 0 Å². The topological polar surface area (TPSA) is 91.0 Å². The molecule has 2 aromatic heterocycles. The number of nitrogens with zero attached hydrogens (tertiary/aromatic N) is 4. The van der Waals surface area contributed by atoms with Gasteiger partial charge in [-0.15, -0.1) is 0 Å². The van der Waals surface area contributed by atoms with Gasteiger partial charge in [0, 0.05) is 7.05 Å². The van der Waals surface area contributed by atoms with Crippen molar-refractivity contribution in [2.45, 2.75) is 11.7 Å². The maximum Gasteiger partial charge on any atom is 0.280 e. The van der Waals surface area contributed by atoms with Gasteiger partial charge in [-0.25, -0.2) is 4.98 Å². The molecular formula is C22H21N5O3S. The third-order valence-corrected chi connectivity index (χ3v) is 5.69. The van der Waals surface area contributed by atoms with Gasteiger partial charge in [0.15, 0.2) is 10.7 Å². The lowest BCUT2D eigenvalue weighted by atomic mass is 10.2. The molecule has 0 fully saturated rings. The predicted molar refractivity (Wildman–Crippen MR) is 121 cm³/mol. The molecule has 0 saturated heterocycles. The molecule has 0 spiro atoms. The van der Waals surface area contributed by atoms with Crippen molar-refractivity contribution in [1.29, 1.82) is 0 Å². The molecular weight excluding hydrogens is 414 g/mol. The maximum absolute atomic E-state index is 13.2. The average Bonchev–Trinajstić information content (AvgIpc) is 3.16. The number of thioether (sulfide) groups is 1. The quantitative estimate of drug-likeness (QED) is 0.355. The lowest BCUT2D eigenvalue weighted by molar-refractivity contribution is -0.113. The molecule has 1 amide bonds. The van der Waals surface area contributed by atoms with Crippen molar-refractivity contribution >= 4 is 34.4 Å². The highest BCUT2D eigenvalue weighted by Gasteiger charge is 2.17. The molecule has 0 saturated carbocycles. The minimum absolute atomic E-state index is 0.0883. The smallest absolute Gasteiger partial charge is 0.280 e. The van der Waals surface area contributed by atoms with Gasteiger partial charge in [-0.05, 0) is 17.7 Å². The Bertz CT molecular complexity index is 1280. The summed E-state index contributed by atoms with van der Waals surface area (Å²) < 4.78 is 8.38. The molecule has 9 heteroatoms. The standard InChI is InChI=1S/C22H21N5O3S/c1-26-20-17(12-23-26)25-22(27(21(20)29)13-15-8-4-3-5-9-15)31-14-19(28)24-16-10-6-7-11-18(16)30-2/h3-12H,13-14H2,1-2H3,(H,24,28).